The van der Waals surface area contributed by atoms with E-state index < -0.39 is 10.4 Å². The maximum atomic E-state index is 10.4. The number of unbranched alkanes of at least 4 members (excludes halogenated alkanes) is 4. The summed E-state index contributed by atoms with van der Waals surface area (Å²) >= 11 is 0. The second-order valence-corrected chi connectivity index (χ2v) is 5.93. The zero-order chi connectivity index (χ0) is 13.9. The van der Waals surface area contributed by atoms with Crippen LogP contribution in [0, 0.1) is 5.92 Å². The predicted octanol–water partition coefficient (Wildman–Crippen LogP) is 3.63. The molecule has 0 fully saturated rings. The van der Waals surface area contributed by atoms with Crippen molar-refractivity contribution in [3.63, 3.8) is 0 Å². The van der Waals surface area contributed by atoms with Gasteiger partial charge in [0.2, 0.25) is 10.4 Å². The summed E-state index contributed by atoms with van der Waals surface area (Å²) in [5.74, 6) is 0.491. The molecule has 0 spiro atoms. The second kappa shape index (κ2) is 10.8. The SMILES string of the molecule is CCCCCC(CCCCC)CCOS(=O)(=O)[O-]. The van der Waals surface area contributed by atoms with Crippen LogP contribution in [-0.2, 0) is 14.6 Å². The maximum absolute atomic E-state index is 10.4. The van der Waals surface area contributed by atoms with Crippen molar-refractivity contribution >= 4 is 10.4 Å². The van der Waals surface area contributed by atoms with Crippen molar-refractivity contribution in [2.45, 2.75) is 71.6 Å². The average Bonchev–Trinajstić information content (AvgIpc) is 2.27. The van der Waals surface area contributed by atoms with Gasteiger partial charge in [-0.05, 0) is 12.3 Å². The molecular formula is C13H27O4S-. The molecule has 0 aromatic heterocycles. The van der Waals surface area contributed by atoms with Gasteiger partial charge in [0.15, 0.2) is 0 Å². The van der Waals surface area contributed by atoms with E-state index >= 15 is 0 Å². The van der Waals surface area contributed by atoms with Gasteiger partial charge in [0.1, 0.15) is 0 Å². The van der Waals surface area contributed by atoms with Crippen molar-refractivity contribution in [3.05, 3.63) is 0 Å². The molecule has 0 amide bonds. The molecule has 0 N–H and O–H groups in total. The molecule has 0 aliphatic heterocycles. The molecule has 0 rings (SSSR count). The van der Waals surface area contributed by atoms with Crippen molar-refractivity contribution in [2.24, 2.45) is 5.92 Å². The van der Waals surface area contributed by atoms with E-state index in [2.05, 4.69) is 18.0 Å². The quantitative estimate of drug-likeness (QED) is 0.311. The summed E-state index contributed by atoms with van der Waals surface area (Å²) in [5, 5.41) is 0. The molecule has 0 radical (unpaired) electrons. The van der Waals surface area contributed by atoms with Gasteiger partial charge in [-0.1, -0.05) is 65.2 Å². The molecule has 0 aromatic carbocycles. The molecule has 0 heterocycles. The first-order valence-electron chi connectivity index (χ1n) is 7.09. The van der Waals surface area contributed by atoms with E-state index in [9.17, 15) is 13.0 Å². The van der Waals surface area contributed by atoms with Gasteiger partial charge in [0.05, 0.1) is 6.61 Å². The smallest absolute Gasteiger partial charge is 0.217 e. The van der Waals surface area contributed by atoms with Gasteiger partial charge in [0, 0.05) is 0 Å². The largest absolute Gasteiger partial charge is 0.726 e. The highest BCUT2D eigenvalue weighted by Crippen LogP contribution is 2.21. The Bertz CT molecular complexity index is 265. The van der Waals surface area contributed by atoms with Crippen LogP contribution in [0.4, 0.5) is 0 Å². The first-order chi connectivity index (χ1) is 8.49. The number of hydrogen-bond acceptors (Lipinski definition) is 4. The van der Waals surface area contributed by atoms with Crippen molar-refractivity contribution in [2.75, 3.05) is 6.61 Å². The van der Waals surface area contributed by atoms with Gasteiger partial charge in [-0.25, -0.2) is 8.42 Å². The lowest BCUT2D eigenvalue weighted by molar-refractivity contribution is 0.230. The van der Waals surface area contributed by atoms with E-state index in [1.165, 1.54) is 38.5 Å². The predicted molar refractivity (Wildman–Crippen MR) is 72.0 cm³/mol. The second-order valence-electron chi connectivity index (χ2n) is 4.88. The van der Waals surface area contributed by atoms with Crippen molar-refractivity contribution in [1.29, 1.82) is 0 Å². The van der Waals surface area contributed by atoms with Crippen LogP contribution < -0.4 is 0 Å². The van der Waals surface area contributed by atoms with Gasteiger partial charge in [-0.3, -0.25) is 4.18 Å². The van der Waals surface area contributed by atoms with Crippen LogP contribution in [0.3, 0.4) is 0 Å². The highest BCUT2D eigenvalue weighted by atomic mass is 32.3. The lowest BCUT2D eigenvalue weighted by Gasteiger charge is -2.17. The van der Waals surface area contributed by atoms with Crippen LogP contribution in [0.5, 0.6) is 0 Å². The van der Waals surface area contributed by atoms with E-state index in [0.717, 1.165) is 12.8 Å². The molecule has 0 atom stereocenters. The maximum Gasteiger partial charge on any atom is 0.217 e. The van der Waals surface area contributed by atoms with Crippen LogP contribution in [0.15, 0.2) is 0 Å². The van der Waals surface area contributed by atoms with Gasteiger partial charge in [0.25, 0.3) is 0 Å². The molecular weight excluding hydrogens is 252 g/mol. The van der Waals surface area contributed by atoms with Crippen molar-refractivity contribution < 1.29 is 17.2 Å². The molecule has 4 nitrogen and oxygen atoms in total. The minimum atomic E-state index is -4.52. The summed E-state index contributed by atoms with van der Waals surface area (Å²) in [5.41, 5.74) is 0. The Morgan fingerprint density at radius 1 is 0.944 bits per heavy atom. The highest BCUT2D eigenvalue weighted by Gasteiger charge is 2.09. The van der Waals surface area contributed by atoms with Gasteiger partial charge in [-0.15, -0.1) is 0 Å². The summed E-state index contributed by atoms with van der Waals surface area (Å²) < 4.78 is 35.4. The normalized spacial score (nSPS) is 12.2. The Balaban J connectivity index is 3.87. The minimum absolute atomic E-state index is 0.0365. The Morgan fingerprint density at radius 2 is 1.44 bits per heavy atom. The molecule has 0 aromatic rings. The summed E-state index contributed by atoms with van der Waals surface area (Å²) in [4.78, 5) is 0. The van der Waals surface area contributed by atoms with Crippen molar-refractivity contribution in [3.8, 4) is 0 Å². The Hall–Kier alpha value is -0.130. The minimum Gasteiger partial charge on any atom is -0.726 e. The first-order valence-corrected chi connectivity index (χ1v) is 8.43. The van der Waals surface area contributed by atoms with E-state index in [-0.39, 0.29) is 6.61 Å². The Kier molecular flexibility index (Phi) is 10.7. The molecule has 0 aliphatic rings. The third-order valence-corrected chi connectivity index (χ3v) is 3.64. The van der Waals surface area contributed by atoms with Gasteiger partial charge >= 0.3 is 0 Å². The summed E-state index contributed by atoms with van der Waals surface area (Å²) in [6.45, 7) is 4.37. The molecule has 5 heteroatoms. The Labute approximate surface area is 112 Å². The fourth-order valence-electron chi connectivity index (χ4n) is 2.12. The zero-order valence-electron chi connectivity index (χ0n) is 11.7. The zero-order valence-corrected chi connectivity index (χ0v) is 12.5. The molecule has 0 unspecified atom stereocenters. The third-order valence-electron chi connectivity index (χ3n) is 3.19. The van der Waals surface area contributed by atoms with Crippen LogP contribution in [0.25, 0.3) is 0 Å². The molecule has 0 bridgehead atoms. The van der Waals surface area contributed by atoms with E-state index in [0.29, 0.717) is 12.3 Å². The van der Waals surface area contributed by atoms with E-state index in [1.807, 2.05) is 0 Å². The lowest BCUT2D eigenvalue weighted by atomic mass is 9.92. The number of rotatable bonds is 12. The molecule has 0 aliphatic carbocycles. The monoisotopic (exact) mass is 279 g/mol. The summed E-state index contributed by atoms with van der Waals surface area (Å²) in [7, 11) is -4.52. The van der Waals surface area contributed by atoms with Crippen LogP contribution >= 0.6 is 0 Å². The molecule has 18 heavy (non-hydrogen) atoms. The van der Waals surface area contributed by atoms with Crippen LogP contribution in [0.2, 0.25) is 0 Å². The van der Waals surface area contributed by atoms with E-state index in [1.54, 1.807) is 0 Å². The third kappa shape index (κ3) is 12.3. The summed E-state index contributed by atoms with van der Waals surface area (Å²) in [6.07, 6.45) is 10.1. The Morgan fingerprint density at radius 3 is 1.83 bits per heavy atom. The number of hydrogen-bond donors (Lipinski definition) is 0. The van der Waals surface area contributed by atoms with E-state index in [4.69, 9.17) is 0 Å². The standard InChI is InChI=1S/C13H28O4S/c1-3-5-7-9-13(10-8-6-4-2)11-12-17-18(14,15)16/h13H,3-12H2,1-2H3,(H,14,15,16)/p-1. The van der Waals surface area contributed by atoms with Crippen molar-refractivity contribution in [1.82, 2.24) is 0 Å². The fourth-order valence-corrected chi connectivity index (χ4v) is 2.42. The topological polar surface area (TPSA) is 66.4 Å². The molecule has 0 saturated carbocycles. The fraction of sp³-hybridized carbons (Fsp3) is 1.00. The molecule has 110 valence electrons. The van der Waals surface area contributed by atoms with Crippen LogP contribution in [0.1, 0.15) is 71.6 Å². The summed E-state index contributed by atoms with van der Waals surface area (Å²) in [6, 6.07) is 0. The molecule has 0 saturated heterocycles. The highest BCUT2D eigenvalue weighted by molar-refractivity contribution is 7.80. The lowest BCUT2D eigenvalue weighted by Crippen LogP contribution is -2.10. The average molecular weight is 279 g/mol. The first kappa shape index (κ1) is 17.9. The van der Waals surface area contributed by atoms with Gasteiger partial charge < -0.3 is 4.55 Å². The van der Waals surface area contributed by atoms with Gasteiger partial charge in [-0.2, -0.15) is 0 Å². The van der Waals surface area contributed by atoms with Crippen LogP contribution in [-0.4, -0.2) is 19.6 Å².